The molecule has 4 nitrogen and oxygen atoms in total. The molecule has 1 saturated heterocycles. The van der Waals surface area contributed by atoms with Crippen LogP contribution in [-0.2, 0) is 4.74 Å². The predicted molar refractivity (Wildman–Crippen MR) is 90.8 cm³/mol. The number of benzene rings is 1. The summed E-state index contributed by atoms with van der Waals surface area (Å²) in [5, 5.41) is 8.30. The quantitative estimate of drug-likeness (QED) is 0.819. The molecule has 0 spiro atoms. The molecule has 0 bridgehead atoms. The van der Waals surface area contributed by atoms with Gasteiger partial charge >= 0.3 is 0 Å². The van der Waals surface area contributed by atoms with E-state index in [0.717, 1.165) is 12.0 Å². The Morgan fingerprint density at radius 3 is 2.71 bits per heavy atom. The van der Waals surface area contributed by atoms with Gasteiger partial charge in [-0.3, -0.25) is 0 Å². The van der Waals surface area contributed by atoms with Gasteiger partial charge in [0, 0.05) is 18.2 Å². The van der Waals surface area contributed by atoms with Crippen LogP contribution in [0.3, 0.4) is 0 Å². The molecule has 0 unspecified atom stereocenters. The minimum Gasteiger partial charge on any atom is -0.421 e. The molecule has 1 aromatic carbocycles. The molecule has 1 aliphatic rings. The fraction of sp³-hybridized carbons (Fsp3) is 0.474. The van der Waals surface area contributed by atoms with E-state index in [1.807, 2.05) is 6.92 Å². The molecule has 0 saturated carbocycles. The minimum absolute atomic E-state index is 0.00865. The van der Waals surface area contributed by atoms with E-state index in [1.54, 1.807) is 24.3 Å². The Morgan fingerprint density at radius 2 is 2.00 bits per heavy atom. The zero-order valence-electron chi connectivity index (χ0n) is 14.5. The molecule has 0 N–H and O–H groups in total. The lowest BCUT2D eigenvalue weighted by atomic mass is 9.81. The Hall–Kier alpha value is -2.01. The SMILES string of the molecule is C/C(=C/c1nnc([C@H]2CCO[C@@H]2C(C)(C)C)o1)c1ccccc1F. The summed E-state index contributed by atoms with van der Waals surface area (Å²) in [6.07, 6.45) is 2.65. The highest BCUT2D eigenvalue weighted by atomic mass is 19.1. The Bertz CT molecular complexity index is 746. The highest BCUT2D eigenvalue weighted by molar-refractivity contribution is 5.78. The van der Waals surface area contributed by atoms with Crippen LogP contribution < -0.4 is 0 Å². The Labute approximate surface area is 141 Å². The molecule has 3 rings (SSSR count). The number of allylic oxidation sites excluding steroid dienone is 1. The van der Waals surface area contributed by atoms with Gasteiger partial charge in [0.05, 0.1) is 12.0 Å². The van der Waals surface area contributed by atoms with Crippen LogP contribution in [0.15, 0.2) is 28.7 Å². The van der Waals surface area contributed by atoms with Gasteiger partial charge in [-0.1, -0.05) is 39.0 Å². The van der Waals surface area contributed by atoms with E-state index >= 15 is 0 Å². The van der Waals surface area contributed by atoms with Gasteiger partial charge < -0.3 is 9.15 Å². The highest BCUT2D eigenvalue weighted by Gasteiger charge is 2.40. The molecule has 24 heavy (non-hydrogen) atoms. The second kappa shape index (κ2) is 6.48. The van der Waals surface area contributed by atoms with Crippen molar-refractivity contribution in [2.45, 2.75) is 46.1 Å². The largest absolute Gasteiger partial charge is 0.421 e. The molecular formula is C19H23FN2O2. The summed E-state index contributed by atoms with van der Waals surface area (Å²) in [6, 6.07) is 6.65. The molecule has 2 aromatic rings. The Balaban J connectivity index is 1.83. The third-order valence-corrected chi connectivity index (χ3v) is 4.36. The van der Waals surface area contributed by atoms with Crippen LogP contribution in [0.5, 0.6) is 0 Å². The van der Waals surface area contributed by atoms with Gasteiger partial charge in [-0.15, -0.1) is 10.2 Å². The number of rotatable bonds is 3. The summed E-state index contributed by atoms with van der Waals surface area (Å²) in [5.74, 6) is 0.835. The average molecular weight is 330 g/mol. The first kappa shape index (κ1) is 16.8. The van der Waals surface area contributed by atoms with E-state index in [4.69, 9.17) is 9.15 Å². The second-order valence-corrected chi connectivity index (χ2v) is 7.34. The topological polar surface area (TPSA) is 48.2 Å². The van der Waals surface area contributed by atoms with Crippen molar-refractivity contribution in [2.75, 3.05) is 6.61 Å². The van der Waals surface area contributed by atoms with Crippen molar-refractivity contribution < 1.29 is 13.5 Å². The normalized spacial score (nSPS) is 22.1. The van der Waals surface area contributed by atoms with Crippen molar-refractivity contribution in [3.8, 4) is 0 Å². The van der Waals surface area contributed by atoms with Gasteiger partial charge in [0.2, 0.25) is 11.8 Å². The third-order valence-electron chi connectivity index (χ3n) is 4.36. The minimum atomic E-state index is -0.261. The molecular weight excluding hydrogens is 307 g/mol. The lowest BCUT2D eigenvalue weighted by molar-refractivity contribution is 0.0171. The fourth-order valence-corrected chi connectivity index (χ4v) is 3.19. The highest BCUT2D eigenvalue weighted by Crippen LogP contribution is 2.40. The molecule has 128 valence electrons. The van der Waals surface area contributed by atoms with E-state index in [-0.39, 0.29) is 23.3 Å². The number of hydrogen-bond donors (Lipinski definition) is 0. The summed E-state index contributed by atoms with van der Waals surface area (Å²) in [5.41, 5.74) is 1.29. The van der Waals surface area contributed by atoms with E-state index < -0.39 is 0 Å². The first-order valence-corrected chi connectivity index (χ1v) is 8.24. The van der Waals surface area contributed by atoms with Crippen molar-refractivity contribution in [2.24, 2.45) is 5.41 Å². The van der Waals surface area contributed by atoms with Crippen molar-refractivity contribution in [1.29, 1.82) is 0 Å². The van der Waals surface area contributed by atoms with Gasteiger partial charge in [0.1, 0.15) is 5.82 Å². The lowest BCUT2D eigenvalue weighted by Gasteiger charge is -2.29. The van der Waals surface area contributed by atoms with Crippen LogP contribution in [0.4, 0.5) is 4.39 Å². The van der Waals surface area contributed by atoms with Gasteiger partial charge in [0.25, 0.3) is 0 Å². The standard InChI is InChI=1S/C19H23FN2O2/c1-12(13-7-5-6-8-15(13)20)11-16-21-22-18(24-16)14-9-10-23-17(14)19(2,3)4/h5-8,11,14,17H,9-10H2,1-4H3/b12-11-/t14-,17-/m0/s1. The maximum atomic E-state index is 13.9. The number of aromatic nitrogens is 2. The van der Waals surface area contributed by atoms with Crippen LogP contribution in [0.25, 0.3) is 11.6 Å². The third kappa shape index (κ3) is 3.41. The van der Waals surface area contributed by atoms with Gasteiger partial charge in [0.15, 0.2) is 0 Å². The molecule has 2 atom stereocenters. The summed E-state index contributed by atoms with van der Waals surface area (Å²) >= 11 is 0. The number of nitrogens with zero attached hydrogens (tertiary/aromatic N) is 2. The van der Waals surface area contributed by atoms with Crippen LogP contribution in [0, 0.1) is 11.2 Å². The van der Waals surface area contributed by atoms with E-state index in [2.05, 4.69) is 31.0 Å². The summed E-state index contributed by atoms with van der Waals surface area (Å²) in [7, 11) is 0. The van der Waals surface area contributed by atoms with Gasteiger partial charge in [-0.25, -0.2) is 4.39 Å². The molecule has 1 aliphatic heterocycles. The average Bonchev–Trinajstić information content (AvgIpc) is 3.15. The van der Waals surface area contributed by atoms with Gasteiger partial charge in [-0.2, -0.15) is 0 Å². The Morgan fingerprint density at radius 1 is 1.25 bits per heavy atom. The lowest BCUT2D eigenvalue weighted by Crippen LogP contribution is -2.30. The number of hydrogen-bond acceptors (Lipinski definition) is 4. The molecule has 0 aliphatic carbocycles. The molecule has 5 heteroatoms. The fourth-order valence-electron chi connectivity index (χ4n) is 3.19. The molecule has 0 amide bonds. The maximum Gasteiger partial charge on any atom is 0.240 e. The second-order valence-electron chi connectivity index (χ2n) is 7.34. The molecule has 1 fully saturated rings. The van der Waals surface area contributed by atoms with Crippen LogP contribution >= 0.6 is 0 Å². The Kier molecular flexibility index (Phi) is 4.54. The molecule has 1 aromatic heterocycles. The first-order valence-electron chi connectivity index (χ1n) is 8.24. The zero-order chi connectivity index (χ0) is 17.3. The first-order chi connectivity index (χ1) is 11.4. The van der Waals surface area contributed by atoms with Crippen molar-refractivity contribution >= 4 is 11.6 Å². The maximum absolute atomic E-state index is 13.9. The van der Waals surface area contributed by atoms with Crippen molar-refractivity contribution in [3.63, 3.8) is 0 Å². The van der Waals surface area contributed by atoms with Crippen LogP contribution in [0.2, 0.25) is 0 Å². The monoisotopic (exact) mass is 330 g/mol. The van der Waals surface area contributed by atoms with Crippen LogP contribution in [0.1, 0.15) is 57.4 Å². The zero-order valence-corrected chi connectivity index (χ0v) is 14.5. The van der Waals surface area contributed by atoms with E-state index in [0.29, 0.717) is 24.0 Å². The smallest absolute Gasteiger partial charge is 0.240 e. The van der Waals surface area contributed by atoms with Crippen molar-refractivity contribution in [1.82, 2.24) is 10.2 Å². The number of ether oxygens (including phenoxy) is 1. The van der Waals surface area contributed by atoms with Crippen LogP contribution in [-0.4, -0.2) is 22.9 Å². The summed E-state index contributed by atoms with van der Waals surface area (Å²) < 4.78 is 25.5. The van der Waals surface area contributed by atoms with Gasteiger partial charge in [-0.05, 0) is 30.4 Å². The molecule has 2 heterocycles. The van der Waals surface area contributed by atoms with E-state index in [9.17, 15) is 4.39 Å². The van der Waals surface area contributed by atoms with E-state index in [1.165, 1.54) is 6.07 Å². The van der Waals surface area contributed by atoms with Crippen molar-refractivity contribution in [3.05, 3.63) is 47.4 Å². The summed E-state index contributed by atoms with van der Waals surface area (Å²) in [4.78, 5) is 0. The predicted octanol–water partition coefficient (Wildman–Crippen LogP) is 4.69. The summed E-state index contributed by atoms with van der Waals surface area (Å²) in [6.45, 7) is 8.98. The number of halogens is 1. The molecule has 0 radical (unpaired) electrons.